The Morgan fingerprint density at radius 2 is 1.82 bits per heavy atom. The molecule has 0 radical (unpaired) electrons. The van der Waals surface area contributed by atoms with Crippen molar-refractivity contribution in [2.45, 2.75) is 23.9 Å². The Hall–Kier alpha value is -0.330. The molecule has 0 amide bonds. The van der Waals surface area contributed by atoms with Gasteiger partial charge in [0, 0.05) is 16.6 Å². The number of halogens is 2. The van der Waals surface area contributed by atoms with E-state index in [1.165, 1.54) is 22.5 Å². The van der Waals surface area contributed by atoms with E-state index < -0.39 is 16.2 Å². The van der Waals surface area contributed by atoms with Gasteiger partial charge in [-0.2, -0.15) is 4.31 Å². The highest BCUT2D eigenvalue weighted by Crippen LogP contribution is 2.28. The zero-order valence-corrected chi connectivity index (χ0v) is 11.3. The molecule has 94 valence electrons. The SMILES string of the molecule is NC1CCCN1S(=O)(=O)c1cc(Cl)cc(Cl)c1. The molecule has 1 fully saturated rings. The lowest BCUT2D eigenvalue weighted by molar-refractivity contribution is 0.396. The predicted octanol–water partition coefficient (Wildman–Crippen LogP) is 2.06. The maximum Gasteiger partial charge on any atom is 0.244 e. The molecule has 1 aliphatic heterocycles. The van der Waals surface area contributed by atoms with Gasteiger partial charge >= 0.3 is 0 Å². The normalized spacial score (nSPS) is 21.9. The van der Waals surface area contributed by atoms with Crippen LogP contribution in [0.25, 0.3) is 0 Å². The molecule has 1 aromatic rings. The van der Waals surface area contributed by atoms with E-state index in [2.05, 4.69) is 0 Å². The topological polar surface area (TPSA) is 63.4 Å². The molecule has 1 atom stereocenters. The zero-order chi connectivity index (χ0) is 12.6. The van der Waals surface area contributed by atoms with Gasteiger partial charge in [0.25, 0.3) is 0 Å². The molecule has 0 saturated carbocycles. The molecule has 2 N–H and O–H groups in total. The van der Waals surface area contributed by atoms with Crippen LogP contribution >= 0.6 is 23.2 Å². The lowest BCUT2D eigenvalue weighted by Crippen LogP contribution is -2.40. The number of sulfonamides is 1. The van der Waals surface area contributed by atoms with Crippen LogP contribution in [-0.4, -0.2) is 25.4 Å². The number of nitrogens with two attached hydrogens (primary N) is 1. The first-order chi connectivity index (χ1) is 7.91. The van der Waals surface area contributed by atoms with E-state index in [4.69, 9.17) is 28.9 Å². The molecule has 1 unspecified atom stereocenters. The van der Waals surface area contributed by atoms with E-state index in [9.17, 15) is 8.42 Å². The largest absolute Gasteiger partial charge is 0.315 e. The van der Waals surface area contributed by atoms with Gasteiger partial charge in [0.1, 0.15) is 0 Å². The van der Waals surface area contributed by atoms with Crippen LogP contribution in [0.2, 0.25) is 10.0 Å². The molecule has 7 heteroatoms. The van der Waals surface area contributed by atoms with Crippen molar-refractivity contribution >= 4 is 33.2 Å². The van der Waals surface area contributed by atoms with E-state index in [0.717, 1.165) is 6.42 Å². The average Bonchev–Trinajstić information content (AvgIpc) is 2.63. The maximum atomic E-state index is 12.3. The second kappa shape index (κ2) is 4.74. The van der Waals surface area contributed by atoms with E-state index in [1.54, 1.807) is 0 Å². The highest BCUT2D eigenvalue weighted by molar-refractivity contribution is 7.89. The highest BCUT2D eigenvalue weighted by Gasteiger charge is 2.33. The summed E-state index contributed by atoms with van der Waals surface area (Å²) in [4.78, 5) is 0.0901. The van der Waals surface area contributed by atoms with Crippen LogP contribution in [0.15, 0.2) is 23.1 Å². The van der Waals surface area contributed by atoms with Crippen LogP contribution in [0.1, 0.15) is 12.8 Å². The highest BCUT2D eigenvalue weighted by atomic mass is 35.5. The third-order valence-corrected chi connectivity index (χ3v) is 5.03. The first-order valence-corrected chi connectivity index (χ1v) is 7.34. The van der Waals surface area contributed by atoms with Crippen LogP contribution in [0.3, 0.4) is 0 Å². The Bertz CT molecular complexity index is 513. The van der Waals surface area contributed by atoms with Crippen molar-refractivity contribution in [2.24, 2.45) is 5.73 Å². The third kappa shape index (κ3) is 2.58. The fraction of sp³-hybridized carbons (Fsp3) is 0.400. The number of hydrogen-bond acceptors (Lipinski definition) is 3. The number of benzene rings is 1. The molecule has 1 heterocycles. The van der Waals surface area contributed by atoms with E-state index in [1.807, 2.05) is 0 Å². The molecule has 1 aromatic carbocycles. The van der Waals surface area contributed by atoms with Crippen molar-refractivity contribution in [1.82, 2.24) is 4.31 Å². The van der Waals surface area contributed by atoms with Crippen molar-refractivity contribution in [1.29, 1.82) is 0 Å². The molecular weight excluding hydrogens is 283 g/mol. The number of nitrogens with zero attached hydrogens (tertiary/aromatic N) is 1. The van der Waals surface area contributed by atoms with Crippen LogP contribution < -0.4 is 5.73 Å². The lowest BCUT2D eigenvalue weighted by Gasteiger charge is -2.20. The van der Waals surface area contributed by atoms with Gasteiger partial charge in [-0.15, -0.1) is 0 Å². The summed E-state index contributed by atoms with van der Waals surface area (Å²) in [5.74, 6) is 0. The molecule has 0 aliphatic carbocycles. The van der Waals surface area contributed by atoms with Crippen molar-refractivity contribution in [3.63, 3.8) is 0 Å². The van der Waals surface area contributed by atoms with Gasteiger partial charge in [-0.1, -0.05) is 23.2 Å². The van der Waals surface area contributed by atoms with Crippen molar-refractivity contribution in [2.75, 3.05) is 6.54 Å². The lowest BCUT2D eigenvalue weighted by atomic mass is 10.3. The second-order valence-electron chi connectivity index (χ2n) is 3.93. The fourth-order valence-electron chi connectivity index (χ4n) is 1.88. The van der Waals surface area contributed by atoms with E-state index in [-0.39, 0.29) is 4.90 Å². The Balaban J connectivity index is 2.44. The Morgan fingerprint density at radius 1 is 1.24 bits per heavy atom. The molecule has 0 aromatic heterocycles. The summed E-state index contributed by atoms with van der Waals surface area (Å²) >= 11 is 11.6. The maximum absolute atomic E-state index is 12.3. The van der Waals surface area contributed by atoms with Crippen molar-refractivity contribution in [3.8, 4) is 0 Å². The van der Waals surface area contributed by atoms with E-state index in [0.29, 0.717) is 23.0 Å². The third-order valence-electron chi connectivity index (χ3n) is 2.69. The first kappa shape index (κ1) is 13.1. The van der Waals surface area contributed by atoms with Gasteiger partial charge in [-0.3, -0.25) is 0 Å². The molecular formula is C10H12Cl2N2O2S. The molecule has 0 bridgehead atoms. The summed E-state index contributed by atoms with van der Waals surface area (Å²) in [6.45, 7) is 0.438. The van der Waals surface area contributed by atoms with Crippen LogP contribution in [0, 0.1) is 0 Å². The summed E-state index contributed by atoms with van der Waals surface area (Å²) < 4.78 is 25.8. The summed E-state index contributed by atoms with van der Waals surface area (Å²) in [5.41, 5.74) is 5.76. The van der Waals surface area contributed by atoms with Crippen LogP contribution in [-0.2, 0) is 10.0 Å². The van der Waals surface area contributed by atoms with E-state index >= 15 is 0 Å². The average molecular weight is 295 g/mol. The van der Waals surface area contributed by atoms with Gasteiger partial charge in [0.15, 0.2) is 0 Å². The molecule has 17 heavy (non-hydrogen) atoms. The van der Waals surface area contributed by atoms with Crippen LogP contribution in [0.4, 0.5) is 0 Å². The molecule has 2 rings (SSSR count). The number of rotatable bonds is 2. The quantitative estimate of drug-likeness (QED) is 0.908. The van der Waals surface area contributed by atoms with Crippen molar-refractivity contribution < 1.29 is 8.42 Å². The monoisotopic (exact) mass is 294 g/mol. The van der Waals surface area contributed by atoms with Crippen LogP contribution in [0.5, 0.6) is 0 Å². The van der Waals surface area contributed by atoms with Gasteiger partial charge < -0.3 is 5.73 Å². The van der Waals surface area contributed by atoms with Gasteiger partial charge in [-0.25, -0.2) is 8.42 Å². The fourth-order valence-corrected chi connectivity index (χ4v) is 4.19. The number of hydrogen-bond donors (Lipinski definition) is 1. The minimum absolute atomic E-state index is 0.0901. The van der Waals surface area contributed by atoms with Crippen molar-refractivity contribution in [3.05, 3.63) is 28.2 Å². The van der Waals surface area contributed by atoms with Gasteiger partial charge in [-0.05, 0) is 31.0 Å². The first-order valence-electron chi connectivity index (χ1n) is 5.15. The minimum atomic E-state index is -3.59. The summed E-state index contributed by atoms with van der Waals surface area (Å²) in [5, 5.41) is 0.590. The molecule has 1 saturated heterocycles. The summed E-state index contributed by atoms with van der Waals surface area (Å²) in [6, 6.07) is 4.26. The zero-order valence-electron chi connectivity index (χ0n) is 8.94. The minimum Gasteiger partial charge on any atom is -0.315 e. The molecule has 4 nitrogen and oxygen atoms in total. The van der Waals surface area contributed by atoms with Gasteiger partial charge in [0.2, 0.25) is 10.0 Å². The Kier molecular flexibility index (Phi) is 3.66. The molecule has 0 spiro atoms. The smallest absolute Gasteiger partial charge is 0.244 e. The second-order valence-corrected chi connectivity index (χ2v) is 6.69. The van der Waals surface area contributed by atoms with Gasteiger partial charge in [0.05, 0.1) is 11.1 Å². The molecule has 1 aliphatic rings. The standard InChI is InChI=1S/C10H12Cl2N2O2S/c11-7-4-8(12)6-9(5-7)17(15,16)14-3-1-2-10(14)13/h4-6,10H,1-3,13H2. The Labute approximate surface area is 110 Å². The summed E-state index contributed by atoms with van der Waals surface area (Å²) in [7, 11) is -3.59. The summed E-state index contributed by atoms with van der Waals surface area (Å²) in [6.07, 6.45) is 0.986. The Morgan fingerprint density at radius 3 is 2.29 bits per heavy atom. The predicted molar refractivity (Wildman–Crippen MR) is 67.6 cm³/mol.